The monoisotopic (exact) mass is 295 g/mol. The van der Waals surface area contributed by atoms with Crippen LogP contribution in [0.1, 0.15) is 36.9 Å². The molecule has 2 amide bonds. The van der Waals surface area contributed by atoms with E-state index in [0.717, 1.165) is 23.5 Å². The molecule has 1 saturated heterocycles. The van der Waals surface area contributed by atoms with Gasteiger partial charge in [0, 0.05) is 31.3 Å². The molecule has 5 nitrogen and oxygen atoms in total. The third-order valence-corrected chi connectivity index (χ3v) is 4.26. The predicted octanol–water partition coefficient (Wildman–Crippen LogP) is 1.51. The lowest BCUT2D eigenvalue weighted by molar-refractivity contribution is -0.133. The Kier molecular flexibility index (Phi) is 5.11. The van der Waals surface area contributed by atoms with Gasteiger partial charge in [0.15, 0.2) is 0 Å². The second kappa shape index (κ2) is 6.83. The highest BCUT2D eigenvalue weighted by Gasteiger charge is 2.28. The average Bonchev–Trinajstić information content (AvgIpc) is 2.77. The molecule has 2 heterocycles. The van der Waals surface area contributed by atoms with Crippen LogP contribution in [0, 0.1) is 6.92 Å². The lowest BCUT2D eigenvalue weighted by Crippen LogP contribution is -2.45. The summed E-state index contributed by atoms with van der Waals surface area (Å²) in [6, 6.07) is -0.354. The third-order valence-electron chi connectivity index (χ3n) is 3.44. The van der Waals surface area contributed by atoms with Crippen molar-refractivity contribution in [3.63, 3.8) is 0 Å². The van der Waals surface area contributed by atoms with Crippen LogP contribution in [-0.4, -0.2) is 40.8 Å². The Balaban J connectivity index is 1.97. The van der Waals surface area contributed by atoms with Crippen LogP contribution in [0.2, 0.25) is 0 Å². The molecule has 0 saturated carbocycles. The standard InChI is InChI=1S/C14H21N3O2S/c1-3-4-12-14(19)17(8-6-13(18)16-12)7-5-11-9-20-10(2)15-11/h9,12H,3-8H2,1-2H3,(H,16,18). The molecule has 1 aromatic heterocycles. The Labute approximate surface area is 123 Å². The Morgan fingerprint density at radius 1 is 1.50 bits per heavy atom. The van der Waals surface area contributed by atoms with Gasteiger partial charge in [-0.2, -0.15) is 0 Å². The second-order valence-corrected chi connectivity index (χ2v) is 6.15. The van der Waals surface area contributed by atoms with Crippen molar-refractivity contribution in [3.05, 3.63) is 16.1 Å². The van der Waals surface area contributed by atoms with Crippen molar-refractivity contribution in [1.29, 1.82) is 0 Å². The normalized spacial score (nSPS) is 19.9. The number of carbonyl (C=O) groups is 2. The van der Waals surface area contributed by atoms with Crippen molar-refractivity contribution in [1.82, 2.24) is 15.2 Å². The molecular formula is C14H21N3O2S. The van der Waals surface area contributed by atoms with Crippen LogP contribution in [0.4, 0.5) is 0 Å². The molecule has 6 heteroatoms. The van der Waals surface area contributed by atoms with E-state index in [2.05, 4.69) is 10.3 Å². The Hall–Kier alpha value is -1.43. The van der Waals surface area contributed by atoms with E-state index in [1.54, 1.807) is 16.2 Å². The number of hydrogen-bond acceptors (Lipinski definition) is 4. The van der Waals surface area contributed by atoms with Gasteiger partial charge >= 0.3 is 0 Å². The van der Waals surface area contributed by atoms with Gasteiger partial charge in [-0.15, -0.1) is 11.3 Å². The lowest BCUT2D eigenvalue weighted by Gasteiger charge is -2.23. The Bertz CT molecular complexity index is 487. The summed E-state index contributed by atoms with van der Waals surface area (Å²) in [7, 11) is 0. The summed E-state index contributed by atoms with van der Waals surface area (Å²) in [5.41, 5.74) is 1.02. The van der Waals surface area contributed by atoms with E-state index in [0.29, 0.717) is 25.9 Å². The molecule has 1 unspecified atom stereocenters. The van der Waals surface area contributed by atoms with Gasteiger partial charge in [0.2, 0.25) is 11.8 Å². The number of aromatic nitrogens is 1. The molecule has 0 aromatic carbocycles. The van der Waals surface area contributed by atoms with Gasteiger partial charge in [0.1, 0.15) is 6.04 Å². The molecule has 1 N–H and O–H groups in total. The summed E-state index contributed by atoms with van der Waals surface area (Å²) >= 11 is 1.62. The minimum atomic E-state index is -0.354. The number of amides is 2. The van der Waals surface area contributed by atoms with Gasteiger partial charge in [0.25, 0.3) is 0 Å². The molecule has 0 spiro atoms. The maximum Gasteiger partial charge on any atom is 0.245 e. The van der Waals surface area contributed by atoms with Crippen molar-refractivity contribution in [2.45, 2.75) is 45.6 Å². The van der Waals surface area contributed by atoms with E-state index < -0.39 is 0 Å². The van der Waals surface area contributed by atoms with E-state index in [4.69, 9.17) is 0 Å². The van der Waals surface area contributed by atoms with Crippen LogP contribution in [0.25, 0.3) is 0 Å². The summed E-state index contributed by atoms with van der Waals surface area (Å²) in [6.07, 6.45) is 2.73. The molecule has 0 aliphatic carbocycles. The molecule has 1 fully saturated rings. The molecule has 1 aliphatic rings. The molecule has 1 aliphatic heterocycles. The summed E-state index contributed by atoms with van der Waals surface area (Å²) in [4.78, 5) is 30.2. The first kappa shape index (κ1) is 15.0. The van der Waals surface area contributed by atoms with Gasteiger partial charge in [-0.05, 0) is 13.3 Å². The average molecular weight is 295 g/mol. The molecule has 0 radical (unpaired) electrons. The summed E-state index contributed by atoms with van der Waals surface area (Å²) in [5.74, 6) is 0.0217. The van der Waals surface area contributed by atoms with Crippen LogP contribution in [-0.2, 0) is 16.0 Å². The minimum absolute atomic E-state index is 0.0243. The smallest absolute Gasteiger partial charge is 0.245 e. The maximum absolute atomic E-state index is 12.4. The van der Waals surface area contributed by atoms with Crippen LogP contribution >= 0.6 is 11.3 Å². The Morgan fingerprint density at radius 2 is 2.30 bits per heavy atom. The van der Waals surface area contributed by atoms with E-state index in [1.807, 2.05) is 19.2 Å². The summed E-state index contributed by atoms with van der Waals surface area (Å²) in [6.45, 7) is 5.14. The van der Waals surface area contributed by atoms with E-state index >= 15 is 0 Å². The van der Waals surface area contributed by atoms with Crippen molar-refractivity contribution in [3.8, 4) is 0 Å². The quantitative estimate of drug-likeness (QED) is 0.895. The maximum atomic E-state index is 12.4. The lowest BCUT2D eigenvalue weighted by atomic mass is 10.1. The molecule has 2 rings (SSSR count). The summed E-state index contributed by atoms with van der Waals surface area (Å²) < 4.78 is 0. The van der Waals surface area contributed by atoms with Crippen LogP contribution in [0.5, 0.6) is 0 Å². The number of aryl methyl sites for hydroxylation is 1. The van der Waals surface area contributed by atoms with Crippen LogP contribution < -0.4 is 5.32 Å². The van der Waals surface area contributed by atoms with Crippen molar-refractivity contribution < 1.29 is 9.59 Å². The second-order valence-electron chi connectivity index (χ2n) is 5.09. The zero-order valence-electron chi connectivity index (χ0n) is 12.0. The van der Waals surface area contributed by atoms with Crippen LogP contribution in [0.15, 0.2) is 5.38 Å². The van der Waals surface area contributed by atoms with Gasteiger partial charge in [0.05, 0.1) is 10.7 Å². The summed E-state index contributed by atoms with van der Waals surface area (Å²) in [5, 5.41) is 5.89. The zero-order chi connectivity index (χ0) is 14.5. The number of hydrogen-bond donors (Lipinski definition) is 1. The number of nitrogens with zero attached hydrogens (tertiary/aromatic N) is 2. The number of thiazole rings is 1. The first-order valence-corrected chi connectivity index (χ1v) is 7.97. The number of carbonyl (C=O) groups excluding carboxylic acids is 2. The van der Waals surface area contributed by atoms with E-state index in [9.17, 15) is 9.59 Å². The van der Waals surface area contributed by atoms with Gasteiger partial charge in [-0.3, -0.25) is 9.59 Å². The van der Waals surface area contributed by atoms with E-state index in [1.165, 1.54) is 0 Å². The zero-order valence-corrected chi connectivity index (χ0v) is 12.8. The van der Waals surface area contributed by atoms with E-state index in [-0.39, 0.29) is 17.9 Å². The van der Waals surface area contributed by atoms with Crippen LogP contribution in [0.3, 0.4) is 0 Å². The SMILES string of the molecule is CCCC1NC(=O)CCN(CCc2csc(C)n2)C1=O. The highest BCUT2D eigenvalue weighted by molar-refractivity contribution is 7.09. The largest absolute Gasteiger partial charge is 0.344 e. The molecule has 20 heavy (non-hydrogen) atoms. The molecule has 110 valence electrons. The topological polar surface area (TPSA) is 62.3 Å². The highest BCUT2D eigenvalue weighted by Crippen LogP contribution is 2.12. The fraction of sp³-hybridized carbons (Fsp3) is 0.643. The van der Waals surface area contributed by atoms with Gasteiger partial charge in [-0.25, -0.2) is 4.98 Å². The number of rotatable bonds is 5. The van der Waals surface area contributed by atoms with Gasteiger partial charge < -0.3 is 10.2 Å². The molecule has 1 atom stereocenters. The van der Waals surface area contributed by atoms with Gasteiger partial charge in [-0.1, -0.05) is 13.3 Å². The van der Waals surface area contributed by atoms with Crippen molar-refractivity contribution in [2.24, 2.45) is 0 Å². The number of nitrogens with one attached hydrogen (secondary N) is 1. The predicted molar refractivity (Wildman–Crippen MR) is 78.6 cm³/mol. The molecule has 1 aromatic rings. The third kappa shape index (κ3) is 3.79. The first-order valence-electron chi connectivity index (χ1n) is 7.09. The fourth-order valence-electron chi connectivity index (χ4n) is 2.37. The molecular weight excluding hydrogens is 274 g/mol. The molecule has 0 bridgehead atoms. The van der Waals surface area contributed by atoms with Crippen molar-refractivity contribution in [2.75, 3.05) is 13.1 Å². The fourth-order valence-corrected chi connectivity index (χ4v) is 3.02. The van der Waals surface area contributed by atoms with Crippen molar-refractivity contribution >= 4 is 23.2 Å². The Morgan fingerprint density at radius 3 is 2.95 bits per heavy atom. The first-order chi connectivity index (χ1) is 9.60. The highest BCUT2D eigenvalue weighted by atomic mass is 32.1. The minimum Gasteiger partial charge on any atom is -0.344 e.